The number of methoxy groups -OCH3 is 1. The molecule has 1 aliphatic heterocycles. The number of piperazine rings is 1. The van der Waals surface area contributed by atoms with E-state index in [0.29, 0.717) is 6.04 Å². The molecule has 1 saturated heterocycles. The van der Waals surface area contributed by atoms with Crippen molar-refractivity contribution >= 4 is 16.6 Å². The van der Waals surface area contributed by atoms with E-state index in [0.717, 1.165) is 32.1 Å². The highest BCUT2D eigenvalue weighted by molar-refractivity contribution is 5.92. The molecule has 0 aliphatic carbocycles. The lowest BCUT2D eigenvalue weighted by Crippen LogP contribution is -2.54. The van der Waals surface area contributed by atoms with Crippen molar-refractivity contribution in [2.45, 2.75) is 6.04 Å². The summed E-state index contributed by atoms with van der Waals surface area (Å²) in [7, 11) is 3.93. The normalized spacial score (nSPS) is 20.5. The van der Waals surface area contributed by atoms with Crippen LogP contribution in [0.5, 0.6) is 0 Å². The number of hydrogen-bond acceptors (Lipinski definition) is 4. The third-order valence-corrected chi connectivity index (χ3v) is 3.97. The fourth-order valence-corrected chi connectivity index (χ4v) is 2.96. The van der Waals surface area contributed by atoms with Gasteiger partial charge in [-0.2, -0.15) is 0 Å². The predicted molar refractivity (Wildman–Crippen MR) is 82.3 cm³/mol. The van der Waals surface area contributed by atoms with Gasteiger partial charge in [-0.05, 0) is 18.5 Å². The van der Waals surface area contributed by atoms with Crippen LogP contribution in [0.3, 0.4) is 0 Å². The van der Waals surface area contributed by atoms with Gasteiger partial charge in [-0.1, -0.05) is 24.3 Å². The molecule has 3 rings (SSSR count). The van der Waals surface area contributed by atoms with E-state index in [9.17, 15) is 0 Å². The van der Waals surface area contributed by atoms with Gasteiger partial charge < -0.3 is 14.5 Å². The molecule has 20 heavy (non-hydrogen) atoms. The average Bonchev–Trinajstić information content (AvgIpc) is 2.47. The minimum absolute atomic E-state index is 0.358. The Bertz CT molecular complexity index is 581. The Labute approximate surface area is 120 Å². The summed E-state index contributed by atoms with van der Waals surface area (Å²) in [5.74, 6) is 1.08. The lowest BCUT2D eigenvalue weighted by atomic mass is 10.1. The van der Waals surface area contributed by atoms with Crippen molar-refractivity contribution < 1.29 is 4.74 Å². The van der Waals surface area contributed by atoms with E-state index >= 15 is 0 Å². The number of fused-ring (bicyclic) bond motifs is 1. The van der Waals surface area contributed by atoms with Gasteiger partial charge in [0.2, 0.25) is 0 Å². The van der Waals surface area contributed by atoms with Crippen molar-refractivity contribution in [1.29, 1.82) is 0 Å². The molecule has 2 aromatic rings. The molecule has 1 unspecified atom stereocenters. The summed E-state index contributed by atoms with van der Waals surface area (Å²) >= 11 is 0. The first kappa shape index (κ1) is 13.3. The van der Waals surface area contributed by atoms with Crippen LogP contribution in [0.2, 0.25) is 0 Å². The summed E-state index contributed by atoms with van der Waals surface area (Å²) in [5.41, 5.74) is 0. The smallest absolute Gasteiger partial charge is 0.136 e. The Morgan fingerprint density at radius 1 is 1.25 bits per heavy atom. The fraction of sp³-hybridized carbons (Fsp3) is 0.438. The second kappa shape index (κ2) is 5.77. The van der Waals surface area contributed by atoms with Gasteiger partial charge in [0, 0.05) is 38.3 Å². The van der Waals surface area contributed by atoms with Crippen LogP contribution in [-0.4, -0.2) is 56.3 Å². The minimum atomic E-state index is 0.358. The van der Waals surface area contributed by atoms with Crippen LogP contribution in [0.1, 0.15) is 0 Å². The highest BCUT2D eigenvalue weighted by Gasteiger charge is 2.27. The maximum absolute atomic E-state index is 5.40. The third-order valence-electron chi connectivity index (χ3n) is 3.97. The van der Waals surface area contributed by atoms with Gasteiger partial charge in [0.05, 0.1) is 12.6 Å². The summed E-state index contributed by atoms with van der Waals surface area (Å²) < 4.78 is 5.40. The van der Waals surface area contributed by atoms with E-state index < -0.39 is 0 Å². The summed E-state index contributed by atoms with van der Waals surface area (Å²) in [6.07, 6.45) is 1.90. The number of anilines is 1. The zero-order valence-electron chi connectivity index (χ0n) is 12.1. The first-order chi connectivity index (χ1) is 9.79. The lowest BCUT2D eigenvalue weighted by molar-refractivity contribution is 0.143. The van der Waals surface area contributed by atoms with Gasteiger partial charge in [0.25, 0.3) is 0 Å². The zero-order chi connectivity index (χ0) is 13.9. The number of rotatable bonds is 3. The van der Waals surface area contributed by atoms with E-state index in [2.05, 4.69) is 52.2 Å². The molecule has 0 N–H and O–H groups in total. The van der Waals surface area contributed by atoms with E-state index in [4.69, 9.17) is 4.74 Å². The molecule has 106 valence electrons. The quantitative estimate of drug-likeness (QED) is 0.854. The summed E-state index contributed by atoms with van der Waals surface area (Å²) in [4.78, 5) is 9.39. The standard InChI is InChI=1S/C16H21N3O/c1-18-9-10-19(14(11-18)12-20-2)16-15-6-4-3-5-13(15)7-8-17-16/h3-8,14H,9-12H2,1-2H3. The van der Waals surface area contributed by atoms with Gasteiger partial charge in [-0.3, -0.25) is 0 Å². The van der Waals surface area contributed by atoms with Crippen molar-refractivity contribution in [2.75, 3.05) is 45.3 Å². The molecule has 4 nitrogen and oxygen atoms in total. The molecule has 0 radical (unpaired) electrons. The van der Waals surface area contributed by atoms with Crippen LogP contribution >= 0.6 is 0 Å². The summed E-state index contributed by atoms with van der Waals surface area (Å²) in [5, 5.41) is 2.47. The fourth-order valence-electron chi connectivity index (χ4n) is 2.96. The van der Waals surface area contributed by atoms with Crippen LogP contribution in [0.25, 0.3) is 10.8 Å². The Kier molecular flexibility index (Phi) is 3.85. The van der Waals surface area contributed by atoms with Crippen molar-refractivity contribution in [3.8, 4) is 0 Å². The van der Waals surface area contributed by atoms with Crippen LogP contribution in [0, 0.1) is 0 Å². The lowest BCUT2D eigenvalue weighted by Gasteiger charge is -2.40. The highest BCUT2D eigenvalue weighted by Crippen LogP contribution is 2.27. The van der Waals surface area contributed by atoms with Crippen LogP contribution in [0.4, 0.5) is 5.82 Å². The van der Waals surface area contributed by atoms with Gasteiger partial charge >= 0.3 is 0 Å². The molecule has 1 aromatic heterocycles. The van der Waals surface area contributed by atoms with Crippen molar-refractivity contribution in [3.05, 3.63) is 36.5 Å². The molecule has 0 bridgehead atoms. The van der Waals surface area contributed by atoms with Gasteiger partial charge in [0.15, 0.2) is 0 Å². The largest absolute Gasteiger partial charge is 0.383 e. The van der Waals surface area contributed by atoms with Gasteiger partial charge in [0.1, 0.15) is 5.82 Å². The minimum Gasteiger partial charge on any atom is -0.383 e. The highest BCUT2D eigenvalue weighted by atomic mass is 16.5. The van der Waals surface area contributed by atoms with E-state index in [-0.39, 0.29) is 0 Å². The predicted octanol–water partition coefficient (Wildman–Crippen LogP) is 2.00. The second-order valence-corrected chi connectivity index (χ2v) is 5.42. The molecule has 0 spiro atoms. The van der Waals surface area contributed by atoms with Crippen molar-refractivity contribution in [1.82, 2.24) is 9.88 Å². The molecule has 0 saturated carbocycles. The molecule has 2 heterocycles. The number of benzene rings is 1. The number of nitrogens with zero attached hydrogens (tertiary/aromatic N) is 3. The molecular weight excluding hydrogens is 250 g/mol. The molecule has 4 heteroatoms. The molecule has 0 amide bonds. The second-order valence-electron chi connectivity index (χ2n) is 5.42. The average molecular weight is 271 g/mol. The van der Waals surface area contributed by atoms with Crippen LogP contribution in [0.15, 0.2) is 36.5 Å². The van der Waals surface area contributed by atoms with E-state index in [1.165, 1.54) is 10.8 Å². The SMILES string of the molecule is COCC1CN(C)CCN1c1nccc2ccccc12. The Balaban J connectivity index is 2.00. The summed E-state index contributed by atoms with van der Waals surface area (Å²) in [6, 6.07) is 10.9. The molecule has 1 aromatic carbocycles. The van der Waals surface area contributed by atoms with Gasteiger partial charge in [-0.15, -0.1) is 0 Å². The van der Waals surface area contributed by atoms with Crippen LogP contribution < -0.4 is 4.90 Å². The zero-order valence-corrected chi connectivity index (χ0v) is 12.1. The number of ether oxygens (including phenoxy) is 1. The topological polar surface area (TPSA) is 28.6 Å². The first-order valence-corrected chi connectivity index (χ1v) is 7.07. The van der Waals surface area contributed by atoms with E-state index in [1.54, 1.807) is 7.11 Å². The van der Waals surface area contributed by atoms with Gasteiger partial charge in [-0.25, -0.2) is 4.98 Å². The first-order valence-electron chi connectivity index (χ1n) is 7.07. The maximum Gasteiger partial charge on any atom is 0.136 e. The summed E-state index contributed by atoms with van der Waals surface area (Å²) in [6.45, 7) is 3.80. The monoisotopic (exact) mass is 271 g/mol. The number of aromatic nitrogens is 1. The van der Waals surface area contributed by atoms with Crippen molar-refractivity contribution in [3.63, 3.8) is 0 Å². The van der Waals surface area contributed by atoms with Crippen molar-refractivity contribution in [2.24, 2.45) is 0 Å². The number of pyridine rings is 1. The molecule has 1 atom stereocenters. The molecule has 1 aliphatic rings. The van der Waals surface area contributed by atoms with E-state index in [1.807, 2.05) is 6.20 Å². The molecule has 1 fully saturated rings. The maximum atomic E-state index is 5.40. The third kappa shape index (κ3) is 2.49. The number of hydrogen-bond donors (Lipinski definition) is 0. The number of likely N-dealkylation sites (N-methyl/N-ethyl adjacent to an activating group) is 1. The Hall–Kier alpha value is -1.65. The molecular formula is C16H21N3O. The Morgan fingerprint density at radius 2 is 2.10 bits per heavy atom. The Morgan fingerprint density at radius 3 is 2.95 bits per heavy atom. The van der Waals surface area contributed by atoms with Crippen LogP contribution in [-0.2, 0) is 4.74 Å².